The van der Waals surface area contributed by atoms with E-state index in [9.17, 15) is 0 Å². The fraction of sp³-hybridized carbons (Fsp3) is 0.500. The second-order valence-corrected chi connectivity index (χ2v) is 10.2. The molecule has 2 aliphatic carbocycles. The fourth-order valence-electron chi connectivity index (χ4n) is 5.55. The molecule has 0 fully saturated rings. The zero-order chi connectivity index (χ0) is 22.2. The first-order valence-corrected chi connectivity index (χ1v) is 13.4. The second kappa shape index (κ2) is 11.7. The minimum Gasteiger partial charge on any atom is -0.0804 e. The van der Waals surface area contributed by atoms with Crippen molar-refractivity contribution in [3.8, 4) is 11.1 Å². The summed E-state index contributed by atoms with van der Waals surface area (Å²) in [4.78, 5) is 0. The van der Waals surface area contributed by atoms with Crippen LogP contribution in [0.4, 0.5) is 0 Å². The SMILES string of the molecule is CCCCCCC1CC=C(c2ccc(-c3ccc(C4=CCC(CC)CC4)cc3)cc2)CC1. The monoisotopic (exact) mass is 426 g/mol. The lowest BCUT2D eigenvalue weighted by Crippen LogP contribution is -2.05. The van der Waals surface area contributed by atoms with E-state index in [0.29, 0.717) is 0 Å². The minimum atomic E-state index is 0.896. The van der Waals surface area contributed by atoms with E-state index in [2.05, 4.69) is 74.5 Å². The molecular weight excluding hydrogens is 384 g/mol. The van der Waals surface area contributed by atoms with Gasteiger partial charge in [-0.3, -0.25) is 0 Å². The van der Waals surface area contributed by atoms with Crippen LogP contribution < -0.4 is 0 Å². The molecular formula is C32H42. The van der Waals surface area contributed by atoms with E-state index in [1.807, 2.05) is 0 Å². The lowest BCUT2D eigenvalue weighted by molar-refractivity contribution is 0.425. The highest BCUT2D eigenvalue weighted by atomic mass is 14.2. The van der Waals surface area contributed by atoms with Gasteiger partial charge in [0, 0.05) is 0 Å². The van der Waals surface area contributed by atoms with Gasteiger partial charge in [0.25, 0.3) is 0 Å². The Morgan fingerprint density at radius 3 is 1.53 bits per heavy atom. The number of rotatable bonds is 9. The summed E-state index contributed by atoms with van der Waals surface area (Å²) >= 11 is 0. The third-order valence-corrected chi connectivity index (χ3v) is 7.93. The predicted octanol–water partition coefficient (Wildman–Crippen LogP) is 10.1. The molecule has 4 rings (SSSR count). The zero-order valence-electron chi connectivity index (χ0n) is 20.4. The van der Waals surface area contributed by atoms with E-state index in [-0.39, 0.29) is 0 Å². The Kier molecular flexibility index (Phi) is 8.43. The van der Waals surface area contributed by atoms with Crippen LogP contribution in [0.15, 0.2) is 60.7 Å². The molecule has 2 atom stereocenters. The van der Waals surface area contributed by atoms with E-state index in [4.69, 9.17) is 0 Å². The topological polar surface area (TPSA) is 0 Å². The van der Waals surface area contributed by atoms with Crippen molar-refractivity contribution in [3.63, 3.8) is 0 Å². The standard InChI is InChI=1S/C32H42/c1-3-5-6-7-8-26-11-15-28(16-12-26)30-19-23-32(24-20-30)31-21-17-29(18-22-31)27-13-9-25(4-2)10-14-27/h13,15,17-26H,3-12,14,16H2,1-2H3. The molecule has 0 N–H and O–H groups in total. The highest BCUT2D eigenvalue weighted by Crippen LogP contribution is 2.35. The van der Waals surface area contributed by atoms with Crippen molar-refractivity contribution in [2.75, 3.05) is 0 Å². The van der Waals surface area contributed by atoms with Crippen LogP contribution in [-0.2, 0) is 0 Å². The van der Waals surface area contributed by atoms with E-state index >= 15 is 0 Å². The summed E-state index contributed by atoms with van der Waals surface area (Å²) < 4.78 is 0. The number of benzene rings is 2. The van der Waals surface area contributed by atoms with Crippen molar-refractivity contribution in [1.82, 2.24) is 0 Å². The minimum absolute atomic E-state index is 0.896. The molecule has 0 heterocycles. The molecule has 2 aromatic carbocycles. The Morgan fingerprint density at radius 2 is 1.09 bits per heavy atom. The molecule has 170 valence electrons. The fourth-order valence-corrected chi connectivity index (χ4v) is 5.55. The van der Waals surface area contributed by atoms with Crippen molar-refractivity contribution in [2.24, 2.45) is 11.8 Å². The molecule has 0 nitrogen and oxygen atoms in total. The first-order chi connectivity index (χ1) is 15.8. The average molecular weight is 427 g/mol. The molecule has 2 aliphatic rings. The van der Waals surface area contributed by atoms with E-state index in [1.165, 1.54) is 99.3 Å². The Labute approximate surface area is 196 Å². The summed E-state index contributed by atoms with van der Waals surface area (Å²) in [5.74, 6) is 1.81. The summed E-state index contributed by atoms with van der Waals surface area (Å²) in [6, 6.07) is 18.6. The van der Waals surface area contributed by atoms with E-state index in [0.717, 1.165) is 11.8 Å². The Hall–Kier alpha value is -2.08. The van der Waals surface area contributed by atoms with E-state index < -0.39 is 0 Å². The van der Waals surface area contributed by atoms with E-state index in [1.54, 1.807) is 11.1 Å². The van der Waals surface area contributed by atoms with Crippen LogP contribution in [0.25, 0.3) is 22.3 Å². The summed E-state index contributed by atoms with van der Waals surface area (Å²) in [5, 5.41) is 0. The summed E-state index contributed by atoms with van der Waals surface area (Å²) in [6.07, 6.45) is 21.1. The van der Waals surface area contributed by atoms with Gasteiger partial charge >= 0.3 is 0 Å². The van der Waals surface area contributed by atoms with Crippen LogP contribution in [0.5, 0.6) is 0 Å². The summed E-state index contributed by atoms with van der Waals surface area (Å²) in [5.41, 5.74) is 8.60. The Bertz CT molecular complexity index is 894. The third kappa shape index (κ3) is 6.03. The quantitative estimate of drug-likeness (QED) is 0.350. The maximum absolute atomic E-state index is 2.53. The molecule has 0 heteroatoms. The summed E-state index contributed by atoms with van der Waals surface area (Å²) in [6.45, 7) is 4.62. The van der Waals surface area contributed by atoms with Gasteiger partial charge in [-0.15, -0.1) is 0 Å². The van der Waals surface area contributed by atoms with Gasteiger partial charge < -0.3 is 0 Å². The van der Waals surface area contributed by atoms with Gasteiger partial charge in [-0.2, -0.15) is 0 Å². The van der Waals surface area contributed by atoms with Crippen LogP contribution in [0.1, 0.15) is 102 Å². The smallest absolute Gasteiger partial charge is 0.0184 e. The Balaban J connectivity index is 1.34. The lowest BCUT2D eigenvalue weighted by Gasteiger charge is -2.22. The summed E-state index contributed by atoms with van der Waals surface area (Å²) in [7, 11) is 0. The van der Waals surface area contributed by atoms with Crippen molar-refractivity contribution >= 4 is 11.1 Å². The Morgan fingerprint density at radius 1 is 0.594 bits per heavy atom. The van der Waals surface area contributed by atoms with Crippen LogP contribution in [0, 0.1) is 11.8 Å². The van der Waals surface area contributed by atoms with Crippen molar-refractivity contribution in [1.29, 1.82) is 0 Å². The first-order valence-electron chi connectivity index (χ1n) is 13.4. The highest BCUT2D eigenvalue weighted by molar-refractivity contribution is 5.73. The molecule has 0 amide bonds. The lowest BCUT2D eigenvalue weighted by atomic mass is 9.83. The molecule has 0 saturated carbocycles. The zero-order valence-corrected chi connectivity index (χ0v) is 20.4. The maximum atomic E-state index is 2.53. The van der Waals surface area contributed by atoms with Crippen LogP contribution in [-0.4, -0.2) is 0 Å². The molecule has 0 radical (unpaired) electrons. The molecule has 32 heavy (non-hydrogen) atoms. The van der Waals surface area contributed by atoms with Gasteiger partial charge in [0.2, 0.25) is 0 Å². The number of unbranched alkanes of at least 4 members (excludes halogenated alkanes) is 3. The van der Waals surface area contributed by atoms with Gasteiger partial charge in [0.05, 0.1) is 0 Å². The number of hydrogen-bond acceptors (Lipinski definition) is 0. The van der Waals surface area contributed by atoms with Crippen molar-refractivity contribution in [3.05, 3.63) is 71.8 Å². The second-order valence-electron chi connectivity index (χ2n) is 10.2. The molecule has 2 unspecified atom stereocenters. The van der Waals surface area contributed by atoms with Crippen molar-refractivity contribution < 1.29 is 0 Å². The normalized spacial score (nSPS) is 21.2. The molecule has 0 aromatic heterocycles. The number of hydrogen-bond donors (Lipinski definition) is 0. The largest absolute Gasteiger partial charge is 0.0804 e. The number of allylic oxidation sites excluding steroid dienone is 4. The van der Waals surface area contributed by atoms with Gasteiger partial charge in [-0.25, -0.2) is 0 Å². The maximum Gasteiger partial charge on any atom is -0.0184 e. The molecule has 0 spiro atoms. The van der Waals surface area contributed by atoms with Gasteiger partial charge in [0.15, 0.2) is 0 Å². The third-order valence-electron chi connectivity index (χ3n) is 7.93. The average Bonchev–Trinajstić information content (AvgIpc) is 2.87. The highest BCUT2D eigenvalue weighted by Gasteiger charge is 2.16. The van der Waals surface area contributed by atoms with Gasteiger partial charge in [0.1, 0.15) is 0 Å². The molecule has 0 bridgehead atoms. The molecule has 2 aromatic rings. The van der Waals surface area contributed by atoms with Crippen LogP contribution in [0.2, 0.25) is 0 Å². The van der Waals surface area contributed by atoms with Crippen molar-refractivity contribution in [2.45, 2.75) is 90.9 Å². The first kappa shape index (κ1) is 23.1. The van der Waals surface area contributed by atoms with Gasteiger partial charge in [-0.1, -0.05) is 113 Å². The molecule has 0 aliphatic heterocycles. The van der Waals surface area contributed by atoms with Gasteiger partial charge in [-0.05, 0) is 83.8 Å². The van der Waals surface area contributed by atoms with Crippen LogP contribution >= 0.6 is 0 Å². The molecule has 0 saturated heterocycles. The predicted molar refractivity (Wildman–Crippen MR) is 142 cm³/mol. The van der Waals surface area contributed by atoms with Crippen LogP contribution in [0.3, 0.4) is 0 Å².